The number of ether oxygens (including phenoxy) is 3. The highest BCUT2D eigenvalue weighted by molar-refractivity contribution is 7.87. The van der Waals surface area contributed by atoms with Gasteiger partial charge in [-0.15, -0.1) is 6.58 Å². The molecule has 2 fully saturated rings. The predicted octanol–water partition coefficient (Wildman–Crippen LogP) is 3.40. The maximum absolute atomic E-state index is 14.4. The van der Waals surface area contributed by atoms with E-state index in [0.29, 0.717) is 28.1 Å². The molecule has 3 aromatic rings. The predicted molar refractivity (Wildman–Crippen MR) is 202 cm³/mol. The van der Waals surface area contributed by atoms with E-state index in [9.17, 15) is 27.6 Å². The summed E-state index contributed by atoms with van der Waals surface area (Å²) in [6, 6.07) is 14.4. The molecule has 1 saturated carbocycles. The van der Waals surface area contributed by atoms with E-state index in [-0.39, 0.29) is 25.9 Å². The second-order valence-corrected chi connectivity index (χ2v) is 16.3. The Bertz CT molecular complexity index is 2040. The van der Waals surface area contributed by atoms with Crippen molar-refractivity contribution < 1.29 is 41.8 Å². The summed E-state index contributed by atoms with van der Waals surface area (Å²) < 4.78 is 45.5. The summed E-state index contributed by atoms with van der Waals surface area (Å²) in [5.41, 5.74) is -0.371. The number of nitrogens with one attached hydrogen (secondary N) is 3. The first kappa shape index (κ1) is 40.0. The van der Waals surface area contributed by atoms with Crippen molar-refractivity contribution in [1.29, 1.82) is 0 Å². The fourth-order valence-corrected chi connectivity index (χ4v) is 7.41. The molecule has 5 atom stereocenters. The lowest BCUT2D eigenvalue weighted by atomic mass is 9.85. The van der Waals surface area contributed by atoms with E-state index in [0.717, 1.165) is 9.87 Å². The minimum Gasteiger partial charge on any atom is -0.497 e. The molecule has 15 nitrogen and oxygen atoms in total. The summed E-state index contributed by atoms with van der Waals surface area (Å²) in [6.45, 7) is 10.7. The first-order chi connectivity index (χ1) is 25.5. The van der Waals surface area contributed by atoms with E-state index >= 15 is 0 Å². The van der Waals surface area contributed by atoms with Crippen LogP contribution in [-0.2, 0) is 29.3 Å². The maximum Gasteiger partial charge on any atom is 0.407 e. The Labute approximate surface area is 315 Å². The van der Waals surface area contributed by atoms with E-state index in [1.54, 1.807) is 53.0 Å². The van der Waals surface area contributed by atoms with Crippen LogP contribution in [0.4, 0.5) is 4.79 Å². The lowest BCUT2D eigenvalue weighted by Crippen LogP contribution is -2.60. The Morgan fingerprint density at radius 3 is 2.41 bits per heavy atom. The topological polar surface area (TPSA) is 186 Å². The highest BCUT2D eigenvalue weighted by atomic mass is 32.2. The number of nitrogens with zero attached hydrogens (tertiary/aromatic N) is 3. The largest absolute Gasteiger partial charge is 0.497 e. The van der Waals surface area contributed by atoms with Crippen LogP contribution in [-0.4, -0.2) is 105 Å². The van der Waals surface area contributed by atoms with Crippen LogP contribution >= 0.6 is 0 Å². The van der Waals surface area contributed by atoms with Gasteiger partial charge >= 0.3 is 16.3 Å². The summed E-state index contributed by atoms with van der Waals surface area (Å²) in [4.78, 5) is 60.9. The number of amides is 4. The molecule has 1 aromatic heterocycles. The minimum atomic E-state index is -4.20. The maximum atomic E-state index is 14.4. The molecular weight excluding hydrogens is 717 g/mol. The highest BCUT2D eigenvalue weighted by Gasteiger charge is 2.61. The number of aromatic nitrogens is 1. The molecule has 4 amide bonds. The first-order valence-electron chi connectivity index (χ1n) is 17.6. The molecule has 2 aromatic carbocycles. The van der Waals surface area contributed by atoms with E-state index in [2.05, 4.69) is 21.9 Å². The number of methoxy groups -OCH3 is 2. The number of likely N-dealkylation sites (tertiary alicyclic amines) is 1. The van der Waals surface area contributed by atoms with Crippen molar-refractivity contribution in [2.24, 2.45) is 11.3 Å². The van der Waals surface area contributed by atoms with Crippen LogP contribution in [0.1, 0.15) is 40.5 Å². The standard InChI is InChI=1S/C38H48N6O9S/c1-9-24-21-38(24,35(47)42-54(49,50)43(6)10-2)41-33(45)30-19-26(22-44(30)34(46)32(37(3,4)5)40-36(48)52-8)53-31-20-28(23-14-12-11-13-15-23)39-29-18-25(51-7)16-17-27(29)31/h9,11-18,20,24,26,30,32H,1,10,19,21-22H2,2-8H3,(H,40,48)(H,41,45)(H,42,47)/t24?,26-,30+,32-,38-/m1/s1. The van der Waals surface area contributed by atoms with E-state index in [1.165, 1.54) is 25.1 Å². The number of hydrogen-bond donors (Lipinski definition) is 3. The summed E-state index contributed by atoms with van der Waals surface area (Å²) in [5.74, 6) is -1.71. The lowest BCUT2D eigenvalue weighted by molar-refractivity contribution is -0.142. The molecule has 0 radical (unpaired) electrons. The summed E-state index contributed by atoms with van der Waals surface area (Å²) in [6.07, 6.45) is 0.00861. The van der Waals surface area contributed by atoms with Crippen molar-refractivity contribution in [3.63, 3.8) is 0 Å². The van der Waals surface area contributed by atoms with Crippen molar-refractivity contribution in [3.8, 4) is 22.8 Å². The SMILES string of the molecule is C=CC1C[C@]1(NC(=O)[C@@H]1C[C@@H](Oc2cc(-c3ccccc3)nc3cc(OC)ccc23)CN1C(=O)[C@@H](NC(=O)OC)C(C)(C)C)C(=O)NS(=O)(=O)N(C)CC. The van der Waals surface area contributed by atoms with Crippen LogP contribution < -0.4 is 24.8 Å². The Morgan fingerprint density at radius 2 is 1.81 bits per heavy atom. The Hall–Kier alpha value is -5.22. The van der Waals surface area contributed by atoms with Crippen molar-refractivity contribution >= 4 is 44.9 Å². The Morgan fingerprint density at radius 1 is 1.11 bits per heavy atom. The van der Waals surface area contributed by atoms with Crippen LogP contribution in [0.15, 0.2) is 67.3 Å². The van der Waals surface area contributed by atoms with Gasteiger partial charge in [-0.2, -0.15) is 12.7 Å². The van der Waals surface area contributed by atoms with Gasteiger partial charge in [0.15, 0.2) is 0 Å². The average molecular weight is 765 g/mol. The molecule has 1 aliphatic heterocycles. The first-order valence-corrected chi connectivity index (χ1v) is 19.0. The molecule has 0 bridgehead atoms. The van der Waals surface area contributed by atoms with Gasteiger partial charge in [0.05, 0.1) is 32.0 Å². The highest BCUT2D eigenvalue weighted by Crippen LogP contribution is 2.45. The van der Waals surface area contributed by atoms with Gasteiger partial charge < -0.3 is 29.7 Å². The molecule has 2 aliphatic rings. The molecule has 290 valence electrons. The average Bonchev–Trinajstić information content (AvgIpc) is 3.71. The number of carbonyl (C=O) groups excluding carboxylic acids is 4. The van der Waals surface area contributed by atoms with Crippen LogP contribution in [0.3, 0.4) is 0 Å². The van der Waals surface area contributed by atoms with Crippen LogP contribution in [0.25, 0.3) is 22.2 Å². The molecule has 16 heteroatoms. The molecule has 1 saturated heterocycles. The number of benzene rings is 2. The van der Waals surface area contributed by atoms with Crippen LogP contribution in [0.2, 0.25) is 0 Å². The quantitative estimate of drug-likeness (QED) is 0.218. The van der Waals surface area contributed by atoms with Gasteiger partial charge in [0.25, 0.3) is 5.91 Å². The van der Waals surface area contributed by atoms with Crippen molar-refractivity contribution in [2.45, 2.75) is 64.3 Å². The zero-order valence-electron chi connectivity index (χ0n) is 31.5. The Kier molecular flexibility index (Phi) is 11.6. The second-order valence-electron chi connectivity index (χ2n) is 14.5. The van der Waals surface area contributed by atoms with E-state index < -0.39 is 69.1 Å². The summed E-state index contributed by atoms with van der Waals surface area (Å²) in [5, 5.41) is 6.05. The van der Waals surface area contributed by atoms with Crippen LogP contribution in [0.5, 0.6) is 11.5 Å². The zero-order valence-corrected chi connectivity index (χ0v) is 32.4. The third kappa shape index (κ3) is 8.29. The molecule has 1 aliphatic carbocycles. The molecule has 0 spiro atoms. The molecule has 1 unspecified atom stereocenters. The van der Waals surface area contributed by atoms with Gasteiger partial charge in [-0.1, -0.05) is 64.1 Å². The van der Waals surface area contributed by atoms with Gasteiger partial charge in [0.1, 0.15) is 35.2 Å². The number of rotatable bonds is 13. The van der Waals surface area contributed by atoms with Crippen LogP contribution in [0, 0.1) is 11.3 Å². The van der Waals surface area contributed by atoms with Gasteiger partial charge in [0.2, 0.25) is 11.8 Å². The van der Waals surface area contributed by atoms with Crippen molar-refractivity contribution in [2.75, 3.05) is 34.4 Å². The summed E-state index contributed by atoms with van der Waals surface area (Å²) in [7, 11) is -0.134. The fourth-order valence-electron chi connectivity index (χ4n) is 6.50. The fraction of sp³-hybridized carbons (Fsp3) is 0.447. The molecule has 54 heavy (non-hydrogen) atoms. The number of hydrogen-bond acceptors (Lipinski definition) is 10. The minimum absolute atomic E-state index is 0.000623. The number of fused-ring (bicyclic) bond motifs is 1. The third-order valence-electron chi connectivity index (χ3n) is 9.88. The zero-order chi connectivity index (χ0) is 39.6. The molecule has 3 N–H and O–H groups in total. The van der Waals surface area contributed by atoms with E-state index in [4.69, 9.17) is 19.2 Å². The van der Waals surface area contributed by atoms with Gasteiger partial charge in [-0.3, -0.25) is 14.4 Å². The number of alkyl carbamates (subject to hydrolysis) is 1. The lowest BCUT2D eigenvalue weighted by Gasteiger charge is -2.35. The normalized spacial score (nSPS) is 21.6. The molecule has 5 rings (SSSR count). The van der Waals surface area contributed by atoms with Gasteiger partial charge in [-0.25, -0.2) is 14.5 Å². The van der Waals surface area contributed by atoms with E-state index in [1.807, 2.05) is 36.4 Å². The molecular formula is C38H48N6O9S. The van der Waals surface area contributed by atoms with Gasteiger partial charge in [0, 0.05) is 49.0 Å². The number of carbonyl (C=O) groups is 4. The van der Waals surface area contributed by atoms with Crippen molar-refractivity contribution in [3.05, 3.63) is 67.3 Å². The second kappa shape index (κ2) is 15.6. The third-order valence-corrected chi connectivity index (χ3v) is 11.4. The summed E-state index contributed by atoms with van der Waals surface area (Å²) >= 11 is 0. The van der Waals surface area contributed by atoms with Crippen molar-refractivity contribution in [1.82, 2.24) is 29.5 Å². The Balaban J connectivity index is 1.52. The smallest absolute Gasteiger partial charge is 0.407 e. The molecule has 2 heterocycles. The van der Waals surface area contributed by atoms with Gasteiger partial charge in [-0.05, 0) is 24.0 Å². The monoisotopic (exact) mass is 764 g/mol. The number of pyridine rings is 1.